The molecule has 1 aliphatic heterocycles. The molecule has 2 aromatic carbocycles. The molecule has 0 N–H and O–H groups in total. The van der Waals surface area contributed by atoms with E-state index in [0.717, 1.165) is 11.1 Å². The van der Waals surface area contributed by atoms with Gasteiger partial charge in [-0.2, -0.15) is 4.31 Å². The Morgan fingerprint density at radius 3 is 2.12 bits per heavy atom. The first kappa shape index (κ1) is 18.9. The van der Waals surface area contributed by atoms with Crippen molar-refractivity contribution < 1.29 is 13.2 Å². The van der Waals surface area contributed by atoms with Gasteiger partial charge in [0.25, 0.3) is 5.91 Å². The molecule has 1 fully saturated rings. The van der Waals surface area contributed by atoms with Crippen LogP contribution in [0.1, 0.15) is 21.5 Å². The van der Waals surface area contributed by atoms with Crippen LogP contribution in [0.2, 0.25) is 5.02 Å². The van der Waals surface area contributed by atoms with Gasteiger partial charge in [0.15, 0.2) is 0 Å². The molecule has 1 saturated heterocycles. The normalized spacial score (nSPS) is 15.9. The number of hydrogen-bond donors (Lipinski definition) is 0. The highest BCUT2D eigenvalue weighted by atomic mass is 35.5. The van der Waals surface area contributed by atoms with Crippen LogP contribution < -0.4 is 0 Å². The first-order valence-corrected chi connectivity index (χ1v) is 10.2. The predicted octanol–water partition coefficient (Wildman–Crippen LogP) is 3.10. The Kier molecular flexibility index (Phi) is 5.37. The fourth-order valence-electron chi connectivity index (χ4n) is 2.93. The minimum atomic E-state index is -3.54. The molecule has 7 heteroatoms. The van der Waals surface area contributed by atoms with Crippen LogP contribution in [0.5, 0.6) is 0 Å². The van der Waals surface area contributed by atoms with E-state index in [-0.39, 0.29) is 19.0 Å². The number of benzene rings is 2. The van der Waals surface area contributed by atoms with Gasteiger partial charge >= 0.3 is 0 Å². The summed E-state index contributed by atoms with van der Waals surface area (Å²) in [5, 5.41) is 0.575. The van der Waals surface area contributed by atoms with Crippen molar-refractivity contribution in [2.75, 3.05) is 26.2 Å². The largest absolute Gasteiger partial charge is 0.336 e. The van der Waals surface area contributed by atoms with Crippen LogP contribution in [0, 0.1) is 13.8 Å². The van der Waals surface area contributed by atoms with Crippen LogP contribution in [-0.4, -0.2) is 49.7 Å². The lowest BCUT2D eigenvalue weighted by Crippen LogP contribution is -2.50. The number of sulfonamides is 1. The van der Waals surface area contributed by atoms with Crippen molar-refractivity contribution in [3.63, 3.8) is 0 Å². The molecule has 1 amide bonds. The number of carbonyl (C=O) groups is 1. The van der Waals surface area contributed by atoms with Gasteiger partial charge in [-0.1, -0.05) is 17.7 Å². The van der Waals surface area contributed by atoms with Crippen LogP contribution in [0.3, 0.4) is 0 Å². The predicted molar refractivity (Wildman–Crippen MR) is 102 cm³/mol. The fraction of sp³-hybridized carbons (Fsp3) is 0.316. The number of halogens is 1. The van der Waals surface area contributed by atoms with E-state index in [1.54, 1.807) is 41.3 Å². The summed E-state index contributed by atoms with van der Waals surface area (Å²) < 4.78 is 27.1. The Bertz CT molecular complexity index is 918. The SMILES string of the molecule is Cc1ccc(S(=O)(=O)N2CCN(C(=O)c3ccc(Cl)cc3)CC2)cc1C. The molecule has 0 radical (unpaired) electrons. The number of aryl methyl sites for hydroxylation is 2. The van der Waals surface area contributed by atoms with Gasteiger partial charge in [-0.05, 0) is 61.4 Å². The quantitative estimate of drug-likeness (QED) is 0.806. The third kappa shape index (κ3) is 3.77. The zero-order valence-corrected chi connectivity index (χ0v) is 16.3. The molecule has 1 aliphatic rings. The maximum Gasteiger partial charge on any atom is 0.253 e. The molecule has 0 aliphatic carbocycles. The summed E-state index contributed by atoms with van der Waals surface area (Å²) in [6.45, 7) is 5.16. The summed E-state index contributed by atoms with van der Waals surface area (Å²) >= 11 is 5.85. The average Bonchev–Trinajstić information content (AvgIpc) is 2.64. The third-order valence-corrected chi connectivity index (χ3v) is 6.88. The molecule has 0 saturated carbocycles. The highest BCUT2D eigenvalue weighted by Gasteiger charge is 2.30. The zero-order valence-electron chi connectivity index (χ0n) is 14.8. The van der Waals surface area contributed by atoms with E-state index in [4.69, 9.17) is 11.6 Å². The molecular weight excluding hydrogens is 372 g/mol. The Morgan fingerprint density at radius 2 is 1.54 bits per heavy atom. The van der Waals surface area contributed by atoms with Crippen molar-refractivity contribution in [1.82, 2.24) is 9.21 Å². The molecule has 0 spiro atoms. The summed E-state index contributed by atoms with van der Waals surface area (Å²) in [7, 11) is -3.54. The lowest BCUT2D eigenvalue weighted by molar-refractivity contribution is 0.0698. The molecule has 26 heavy (non-hydrogen) atoms. The third-order valence-electron chi connectivity index (χ3n) is 4.73. The molecule has 0 aromatic heterocycles. The number of hydrogen-bond acceptors (Lipinski definition) is 3. The molecule has 0 unspecified atom stereocenters. The van der Waals surface area contributed by atoms with E-state index in [9.17, 15) is 13.2 Å². The van der Waals surface area contributed by atoms with E-state index < -0.39 is 10.0 Å². The van der Waals surface area contributed by atoms with Gasteiger partial charge in [0, 0.05) is 36.8 Å². The molecule has 3 rings (SSSR count). The lowest BCUT2D eigenvalue weighted by atomic mass is 10.1. The first-order chi connectivity index (χ1) is 12.3. The van der Waals surface area contributed by atoms with Gasteiger partial charge in [-0.3, -0.25) is 4.79 Å². The highest BCUT2D eigenvalue weighted by Crippen LogP contribution is 2.21. The molecule has 0 atom stereocenters. The van der Waals surface area contributed by atoms with Crippen LogP contribution in [0.15, 0.2) is 47.4 Å². The summed E-state index contributed by atoms with van der Waals surface area (Å²) in [5.41, 5.74) is 2.56. The van der Waals surface area contributed by atoms with Gasteiger partial charge in [0.2, 0.25) is 10.0 Å². The van der Waals surface area contributed by atoms with Crippen molar-refractivity contribution in [1.29, 1.82) is 0 Å². The average molecular weight is 393 g/mol. The van der Waals surface area contributed by atoms with E-state index in [1.165, 1.54) is 4.31 Å². The molecule has 5 nitrogen and oxygen atoms in total. The Balaban J connectivity index is 1.70. The minimum absolute atomic E-state index is 0.107. The zero-order chi connectivity index (χ0) is 18.9. The van der Waals surface area contributed by atoms with Crippen molar-refractivity contribution in [2.45, 2.75) is 18.7 Å². The topological polar surface area (TPSA) is 57.7 Å². The maximum atomic E-state index is 12.8. The van der Waals surface area contributed by atoms with Gasteiger partial charge in [0.1, 0.15) is 0 Å². The molecule has 2 aromatic rings. The standard InChI is InChI=1S/C19H21ClN2O3S/c1-14-3-8-18(13-15(14)2)26(24,25)22-11-9-21(10-12-22)19(23)16-4-6-17(20)7-5-16/h3-8,13H,9-12H2,1-2H3. The van der Waals surface area contributed by atoms with Crippen molar-refractivity contribution in [2.24, 2.45) is 0 Å². The molecule has 1 heterocycles. The number of piperazine rings is 1. The Hall–Kier alpha value is -1.89. The second-order valence-electron chi connectivity index (χ2n) is 6.45. The van der Waals surface area contributed by atoms with Gasteiger partial charge < -0.3 is 4.90 Å². The first-order valence-electron chi connectivity index (χ1n) is 8.41. The number of rotatable bonds is 3. The number of amides is 1. The van der Waals surface area contributed by atoms with Gasteiger partial charge in [-0.25, -0.2) is 8.42 Å². The van der Waals surface area contributed by atoms with E-state index in [0.29, 0.717) is 28.6 Å². The second kappa shape index (κ2) is 7.39. The number of nitrogens with zero attached hydrogens (tertiary/aromatic N) is 2. The smallest absolute Gasteiger partial charge is 0.253 e. The van der Waals surface area contributed by atoms with Crippen LogP contribution in [0.4, 0.5) is 0 Å². The molecule has 138 valence electrons. The highest BCUT2D eigenvalue weighted by molar-refractivity contribution is 7.89. The number of carbonyl (C=O) groups excluding carboxylic acids is 1. The Morgan fingerprint density at radius 1 is 0.923 bits per heavy atom. The summed E-state index contributed by atoms with van der Waals surface area (Å²) in [6.07, 6.45) is 0. The van der Waals surface area contributed by atoms with Crippen LogP contribution in [0.25, 0.3) is 0 Å². The van der Waals surface area contributed by atoms with Gasteiger partial charge in [-0.15, -0.1) is 0 Å². The van der Waals surface area contributed by atoms with E-state index >= 15 is 0 Å². The van der Waals surface area contributed by atoms with Crippen molar-refractivity contribution >= 4 is 27.5 Å². The summed E-state index contributed by atoms with van der Waals surface area (Å²) in [5.74, 6) is -0.107. The lowest BCUT2D eigenvalue weighted by Gasteiger charge is -2.34. The minimum Gasteiger partial charge on any atom is -0.336 e. The fourth-order valence-corrected chi connectivity index (χ4v) is 4.56. The monoisotopic (exact) mass is 392 g/mol. The van der Waals surface area contributed by atoms with Crippen LogP contribution >= 0.6 is 11.6 Å². The Labute approximate surface area is 159 Å². The molecular formula is C19H21ClN2O3S. The summed E-state index contributed by atoms with van der Waals surface area (Å²) in [4.78, 5) is 14.5. The second-order valence-corrected chi connectivity index (χ2v) is 8.82. The maximum absolute atomic E-state index is 12.8. The van der Waals surface area contributed by atoms with Crippen molar-refractivity contribution in [3.05, 3.63) is 64.2 Å². The summed E-state index contributed by atoms with van der Waals surface area (Å²) in [6, 6.07) is 11.9. The van der Waals surface area contributed by atoms with Crippen LogP contribution in [-0.2, 0) is 10.0 Å². The van der Waals surface area contributed by atoms with Crippen molar-refractivity contribution in [3.8, 4) is 0 Å². The molecule has 0 bridgehead atoms. The van der Waals surface area contributed by atoms with Gasteiger partial charge in [0.05, 0.1) is 4.90 Å². The van der Waals surface area contributed by atoms with E-state index in [1.807, 2.05) is 19.9 Å². The van der Waals surface area contributed by atoms with E-state index in [2.05, 4.69) is 0 Å².